The number of likely N-dealkylation sites (N-methyl/N-ethyl adjacent to an activating group) is 1. The first-order valence-electron chi connectivity index (χ1n) is 10.2. The third-order valence-electron chi connectivity index (χ3n) is 5.53. The fourth-order valence-corrected chi connectivity index (χ4v) is 4.03. The van der Waals surface area contributed by atoms with E-state index in [2.05, 4.69) is 20.6 Å². The summed E-state index contributed by atoms with van der Waals surface area (Å²) in [5.41, 5.74) is 2.58. The van der Waals surface area contributed by atoms with Crippen LogP contribution in [0, 0.1) is 0 Å². The first-order chi connectivity index (χ1) is 15.4. The van der Waals surface area contributed by atoms with Crippen LogP contribution in [0.2, 0.25) is 0 Å². The number of likely N-dealkylation sites (tertiary alicyclic amines) is 1. The standard InChI is InChI=1S/C22H23FN6O3/c1-13(30)18-10-28(11-21(31)29-9-14(23)5-20(29)22(32)24-2)19-4-3-15(6-17(18)19)27-16-7-25-12-26-8-16/h3-4,6-8,10,12,14,20,27H,5,9,11H2,1-2H3,(H,24,32)/t14-,20+/m1/s1. The number of alkyl halides is 1. The van der Waals surface area contributed by atoms with Crippen molar-refractivity contribution in [2.45, 2.75) is 32.1 Å². The van der Waals surface area contributed by atoms with E-state index in [0.717, 1.165) is 5.69 Å². The van der Waals surface area contributed by atoms with Crippen LogP contribution in [0.5, 0.6) is 0 Å². The molecule has 1 aliphatic rings. The van der Waals surface area contributed by atoms with Gasteiger partial charge in [-0.25, -0.2) is 14.4 Å². The fraction of sp³-hybridized carbons (Fsp3) is 0.318. The second-order valence-electron chi connectivity index (χ2n) is 7.72. The molecule has 0 bridgehead atoms. The van der Waals surface area contributed by atoms with E-state index >= 15 is 0 Å². The molecule has 9 nitrogen and oxygen atoms in total. The predicted molar refractivity (Wildman–Crippen MR) is 116 cm³/mol. The Bertz CT molecular complexity index is 1180. The van der Waals surface area contributed by atoms with Crippen LogP contribution in [-0.2, 0) is 16.1 Å². The van der Waals surface area contributed by atoms with Gasteiger partial charge in [-0.05, 0) is 25.1 Å². The number of rotatable bonds is 6. The zero-order valence-electron chi connectivity index (χ0n) is 17.7. The number of aromatic nitrogens is 3. The second-order valence-corrected chi connectivity index (χ2v) is 7.72. The number of fused-ring (bicyclic) bond motifs is 1. The van der Waals surface area contributed by atoms with Crippen LogP contribution in [0.1, 0.15) is 23.7 Å². The molecule has 166 valence electrons. The van der Waals surface area contributed by atoms with Gasteiger partial charge >= 0.3 is 0 Å². The Hall–Kier alpha value is -3.82. The Balaban J connectivity index is 1.63. The van der Waals surface area contributed by atoms with Crippen molar-refractivity contribution in [3.8, 4) is 0 Å². The van der Waals surface area contributed by atoms with Gasteiger partial charge in [-0.2, -0.15) is 0 Å². The zero-order chi connectivity index (χ0) is 22.8. The van der Waals surface area contributed by atoms with Crippen molar-refractivity contribution in [3.63, 3.8) is 0 Å². The number of anilines is 2. The van der Waals surface area contributed by atoms with Crippen LogP contribution >= 0.6 is 0 Å². The van der Waals surface area contributed by atoms with Gasteiger partial charge in [0.05, 0.1) is 24.6 Å². The van der Waals surface area contributed by atoms with Gasteiger partial charge in [-0.15, -0.1) is 0 Å². The van der Waals surface area contributed by atoms with E-state index in [-0.39, 0.29) is 37.1 Å². The van der Waals surface area contributed by atoms with Gasteiger partial charge in [0, 0.05) is 41.8 Å². The van der Waals surface area contributed by atoms with Crippen LogP contribution in [0.15, 0.2) is 43.1 Å². The van der Waals surface area contributed by atoms with Crippen molar-refractivity contribution in [1.29, 1.82) is 0 Å². The number of halogens is 1. The highest BCUT2D eigenvalue weighted by Crippen LogP contribution is 2.28. The number of hydrogen-bond donors (Lipinski definition) is 2. The fourth-order valence-electron chi connectivity index (χ4n) is 4.03. The lowest BCUT2D eigenvalue weighted by Crippen LogP contribution is -2.46. The van der Waals surface area contributed by atoms with Crippen molar-refractivity contribution in [3.05, 3.63) is 48.7 Å². The Morgan fingerprint density at radius 3 is 2.62 bits per heavy atom. The molecule has 2 N–H and O–H groups in total. The Morgan fingerprint density at radius 2 is 1.94 bits per heavy atom. The Kier molecular flexibility index (Phi) is 5.85. The molecular weight excluding hydrogens is 415 g/mol. The smallest absolute Gasteiger partial charge is 0.243 e. The molecule has 1 saturated heterocycles. The second kappa shape index (κ2) is 8.74. The average molecular weight is 438 g/mol. The molecule has 2 amide bonds. The molecule has 0 radical (unpaired) electrons. The number of Topliss-reactive ketones (excluding diaryl/α,β-unsaturated/α-hetero) is 1. The van der Waals surface area contributed by atoms with E-state index in [0.29, 0.717) is 22.2 Å². The number of carbonyl (C=O) groups excluding carboxylic acids is 3. The highest BCUT2D eigenvalue weighted by atomic mass is 19.1. The molecule has 2 atom stereocenters. The number of nitrogens with one attached hydrogen (secondary N) is 2. The summed E-state index contributed by atoms with van der Waals surface area (Å²) in [5, 5.41) is 6.34. The number of nitrogens with zero attached hydrogens (tertiary/aromatic N) is 4. The molecule has 3 aromatic rings. The quantitative estimate of drug-likeness (QED) is 0.571. The summed E-state index contributed by atoms with van der Waals surface area (Å²) >= 11 is 0. The summed E-state index contributed by atoms with van der Waals surface area (Å²) < 4.78 is 15.6. The van der Waals surface area contributed by atoms with Crippen LogP contribution in [0.4, 0.5) is 15.8 Å². The van der Waals surface area contributed by atoms with E-state index in [1.807, 2.05) is 12.1 Å². The van der Waals surface area contributed by atoms with Crippen molar-refractivity contribution in [1.82, 2.24) is 24.8 Å². The van der Waals surface area contributed by atoms with Gasteiger partial charge in [-0.1, -0.05) is 0 Å². The summed E-state index contributed by atoms with van der Waals surface area (Å²) in [7, 11) is 1.46. The average Bonchev–Trinajstić information content (AvgIpc) is 3.34. The number of benzene rings is 1. The zero-order valence-corrected chi connectivity index (χ0v) is 17.7. The number of carbonyl (C=O) groups is 3. The van der Waals surface area contributed by atoms with Gasteiger partial charge in [0.2, 0.25) is 11.8 Å². The van der Waals surface area contributed by atoms with E-state index in [1.54, 1.807) is 29.2 Å². The predicted octanol–water partition coefficient (Wildman–Crippen LogP) is 2.06. The summed E-state index contributed by atoms with van der Waals surface area (Å²) in [6.07, 6.45) is 5.05. The van der Waals surface area contributed by atoms with Crippen LogP contribution < -0.4 is 10.6 Å². The van der Waals surface area contributed by atoms with Crippen LogP contribution in [-0.4, -0.2) is 62.8 Å². The summed E-state index contributed by atoms with van der Waals surface area (Å²) in [6, 6.07) is 4.61. The summed E-state index contributed by atoms with van der Waals surface area (Å²) in [4.78, 5) is 46.5. The molecule has 0 spiro atoms. The third kappa shape index (κ3) is 4.16. The minimum Gasteiger partial charge on any atom is -0.357 e. The lowest BCUT2D eigenvalue weighted by molar-refractivity contribution is -0.138. The molecule has 2 aromatic heterocycles. The molecule has 0 unspecified atom stereocenters. The molecule has 32 heavy (non-hydrogen) atoms. The number of hydrogen-bond acceptors (Lipinski definition) is 6. The van der Waals surface area contributed by atoms with Crippen LogP contribution in [0.25, 0.3) is 10.9 Å². The first-order valence-corrected chi connectivity index (χ1v) is 10.2. The molecule has 1 aliphatic heterocycles. The third-order valence-corrected chi connectivity index (χ3v) is 5.53. The van der Waals surface area contributed by atoms with Crippen LogP contribution in [0.3, 0.4) is 0 Å². The number of ketones is 1. The van der Waals surface area contributed by atoms with E-state index in [1.165, 1.54) is 25.2 Å². The summed E-state index contributed by atoms with van der Waals surface area (Å²) in [6.45, 7) is 1.23. The van der Waals surface area contributed by atoms with Gasteiger partial charge in [0.1, 0.15) is 25.1 Å². The maximum absolute atomic E-state index is 14.0. The molecular formula is C22H23FN6O3. The monoisotopic (exact) mass is 438 g/mol. The lowest BCUT2D eigenvalue weighted by Gasteiger charge is -2.23. The molecule has 0 saturated carbocycles. The lowest BCUT2D eigenvalue weighted by atomic mass is 10.1. The van der Waals surface area contributed by atoms with Crippen molar-refractivity contribution in [2.24, 2.45) is 0 Å². The van der Waals surface area contributed by atoms with E-state index in [4.69, 9.17) is 0 Å². The van der Waals surface area contributed by atoms with Crippen molar-refractivity contribution in [2.75, 3.05) is 18.9 Å². The largest absolute Gasteiger partial charge is 0.357 e. The van der Waals surface area contributed by atoms with Crippen molar-refractivity contribution >= 4 is 39.9 Å². The molecule has 0 aliphatic carbocycles. The van der Waals surface area contributed by atoms with Gasteiger partial charge in [0.15, 0.2) is 5.78 Å². The Morgan fingerprint density at radius 1 is 1.19 bits per heavy atom. The van der Waals surface area contributed by atoms with Gasteiger partial charge < -0.3 is 20.1 Å². The minimum atomic E-state index is -1.24. The molecule has 1 aromatic carbocycles. The van der Waals surface area contributed by atoms with Gasteiger partial charge in [-0.3, -0.25) is 14.4 Å². The summed E-state index contributed by atoms with van der Waals surface area (Å²) in [5.74, 6) is -0.912. The highest BCUT2D eigenvalue weighted by Gasteiger charge is 2.39. The van der Waals surface area contributed by atoms with Crippen molar-refractivity contribution < 1.29 is 18.8 Å². The number of amides is 2. The molecule has 3 heterocycles. The van der Waals surface area contributed by atoms with E-state index in [9.17, 15) is 18.8 Å². The minimum absolute atomic E-state index is 0.0191. The SMILES string of the molecule is CNC(=O)[C@@H]1C[C@@H](F)CN1C(=O)Cn1cc(C(C)=O)c2cc(Nc3cncnc3)ccc21. The molecule has 1 fully saturated rings. The van der Waals surface area contributed by atoms with E-state index < -0.39 is 12.2 Å². The highest BCUT2D eigenvalue weighted by molar-refractivity contribution is 6.08. The first kappa shape index (κ1) is 21.4. The normalized spacial score (nSPS) is 18.0. The molecule has 4 rings (SSSR count). The maximum atomic E-state index is 14.0. The maximum Gasteiger partial charge on any atom is 0.243 e. The van der Waals surface area contributed by atoms with Gasteiger partial charge in [0.25, 0.3) is 0 Å². The topological polar surface area (TPSA) is 109 Å². The Labute approximate surface area is 183 Å². The molecule has 10 heteroatoms.